The van der Waals surface area contributed by atoms with E-state index in [-0.39, 0.29) is 16.2 Å². The topological polar surface area (TPSA) is 6.48 Å². The monoisotopic (exact) mass is 993 g/mol. The van der Waals surface area contributed by atoms with Gasteiger partial charge in [0.15, 0.2) is 0 Å². The number of nitrogens with zero attached hydrogens (tertiary/aromatic N) is 2. The summed E-state index contributed by atoms with van der Waals surface area (Å²) >= 11 is 0. The van der Waals surface area contributed by atoms with Crippen molar-refractivity contribution in [1.82, 2.24) is 0 Å². The van der Waals surface area contributed by atoms with E-state index < -0.39 is 0 Å². The third-order valence-corrected chi connectivity index (χ3v) is 18.1. The average Bonchev–Trinajstić information content (AvgIpc) is 4.15. The molecule has 5 aliphatic carbocycles. The first kappa shape index (κ1) is 47.0. The predicted octanol–water partition coefficient (Wildman–Crippen LogP) is 20.4. The van der Waals surface area contributed by atoms with Gasteiger partial charge >= 0.3 is 0 Å². The second kappa shape index (κ2) is 17.8. The highest BCUT2D eigenvalue weighted by Crippen LogP contribution is 2.55. The molecule has 0 N–H and O–H groups in total. The molecule has 2 nitrogen and oxygen atoms in total. The molecule has 0 fully saturated rings. The number of anilines is 5. The largest absolute Gasteiger partial charge is 0.311 e. The van der Waals surface area contributed by atoms with E-state index in [1.807, 2.05) is 0 Å². The lowest BCUT2D eigenvalue weighted by Crippen LogP contribution is -2.21. The fraction of sp³-hybridized carbons (Fsp3) is 0.173. The zero-order valence-electron chi connectivity index (χ0n) is 45.2. The molecule has 0 saturated carbocycles. The molecule has 0 saturated heterocycles. The van der Waals surface area contributed by atoms with Crippen LogP contribution in [-0.4, -0.2) is 0 Å². The highest BCUT2D eigenvalue weighted by atomic mass is 15.2. The van der Waals surface area contributed by atoms with Gasteiger partial charge in [-0.15, -0.1) is 0 Å². The van der Waals surface area contributed by atoms with Gasteiger partial charge in [0, 0.05) is 50.4 Å². The number of rotatable bonds is 9. The molecule has 374 valence electrons. The van der Waals surface area contributed by atoms with Crippen LogP contribution in [0.3, 0.4) is 0 Å². The Bertz CT molecular complexity index is 3980. The summed E-state index contributed by atoms with van der Waals surface area (Å²) in [5.41, 5.74) is 31.1. The summed E-state index contributed by atoms with van der Waals surface area (Å²) in [5, 5.41) is 0. The highest BCUT2D eigenvalue weighted by Gasteiger charge is 2.40. The van der Waals surface area contributed by atoms with E-state index >= 15 is 0 Å². The second-order valence-corrected chi connectivity index (χ2v) is 23.5. The van der Waals surface area contributed by atoms with E-state index in [1.54, 1.807) is 5.57 Å². The number of para-hydroxylation sites is 1. The number of benzene rings is 9. The average molecular weight is 993 g/mol. The molecule has 0 aliphatic heterocycles. The maximum absolute atomic E-state index is 2.54. The summed E-state index contributed by atoms with van der Waals surface area (Å²) in [6.45, 7) is 14.4. The maximum Gasteiger partial charge on any atom is 0.0467 e. The van der Waals surface area contributed by atoms with Crippen molar-refractivity contribution < 1.29 is 0 Å². The minimum absolute atomic E-state index is 0.0199. The number of fused-ring (bicyclic) bond motifs is 8. The van der Waals surface area contributed by atoms with Gasteiger partial charge in [-0.25, -0.2) is 0 Å². The molecule has 9 aromatic carbocycles. The van der Waals surface area contributed by atoms with Gasteiger partial charge in [-0.05, 0) is 187 Å². The van der Waals surface area contributed by atoms with E-state index in [1.165, 1.54) is 112 Å². The minimum Gasteiger partial charge on any atom is -0.311 e. The molecule has 0 heterocycles. The molecule has 0 atom stereocenters. The van der Waals surface area contributed by atoms with E-state index in [9.17, 15) is 0 Å². The molecule has 0 aromatic heterocycles. The summed E-state index contributed by atoms with van der Waals surface area (Å²) in [6.07, 6.45) is 13.9. The lowest BCUT2D eigenvalue weighted by molar-refractivity contribution is 0.607. The van der Waals surface area contributed by atoms with Crippen LogP contribution in [-0.2, 0) is 16.2 Å². The predicted molar refractivity (Wildman–Crippen MR) is 326 cm³/mol. The summed E-state index contributed by atoms with van der Waals surface area (Å²) in [6, 6.07) is 77.5. The Morgan fingerprint density at radius 2 is 0.818 bits per heavy atom. The SMILES string of the molecule is CC1(C)C2=C(C=CCC2)c2ccc(N(C3=CCCC(c4ccc(-c5ccc(-c6cccc(N(c7ccccc7)c7ccc8c(c7)C(C)(C)c7ccccc7-8)c6)cc5)cc4)=C3)c3ccc4c(c3)C(C)(C)c3ccccc3-4)cc21. The molecule has 9 aromatic rings. The van der Waals surface area contributed by atoms with Gasteiger partial charge in [0.25, 0.3) is 0 Å². The van der Waals surface area contributed by atoms with Crippen LogP contribution in [0.15, 0.2) is 242 Å². The van der Waals surface area contributed by atoms with Crippen LogP contribution >= 0.6 is 0 Å². The quantitative estimate of drug-likeness (QED) is 0.142. The first-order valence-corrected chi connectivity index (χ1v) is 27.8. The fourth-order valence-electron chi connectivity index (χ4n) is 13.9. The third-order valence-electron chi connectivity index (χ3n) is 18.1. The highest BCUT2D eigenvalue weighted by molar-refractivity contribution is 5.91. The van der Waals surface area contributed by atoms with Crippen molar-refractivity contribution in [2.24, 2.45) is 0 Å². The number of hydrogen-bond donors (Lipinski definition) is 0. The van der Waals surface area contributed by atoms with Crippen molar-refractivity contribution in [2.75, 3.05) is 9.80 Å². The van der Waals surface area contributed by atoms with Crippen molar-refractivity contribution in [3.05, 3.63) is 281 Å². The molecular formula is C75H64N2. The Morgan fingerprint density at radius 3 is 1.43 bits per heavy atom. The van der Waals surface area contributed by atoms with Gasteiger partial charge in [0.2, 0.25) is 0 Å². The Kier molecular flexibility index (Phi) is 10.9. The lowest BCUT2D eigenvalue weighted by atomic mass is 9.78. The molecule has 0 unspecified atom stereocenters. The van der Waals surface area contributed by atoms with E-state index in [0.717, 1.165) is 42.7 Å². The normalized spacial score (nSPS) is 16.6. The summed E-state index contributed by atoms with van der Waals surface area (Å²) in [7, 11) is 0. The molecule has 77 heavy (non-hydrogen) atoms. The molecule has 0 amide bonds. The van der Waals surface area contributed by atoms with E-state index in [0.29, 0.717) is 0 Å². The number of allylic oxidation sites excluding steroid dienone is 7. The smallest absolute Gasteiger partial charge is 0.0467 e. The third kappa shape index (κ3) is 7.59. The number of hydrogen-bond acceptors (Lipinski definition) is 2. The van der Waals surface area contributed by atoms with Gasteiger partial charge in [0.1, 0.15) is 0 Å². The van der Waals surface area contributed by atoms with Crippen LogP contribution in [0.25, 0.3) is 55.7 Å². The van der Waals surface area contributed by atoms with Crippen LogP contribution in [0.5, 0.6) is 0 Å². The van der Waals surface area contributed by atoms with Gasteiger partial charge in [-0.3, -0.25) is 0 Å². The van der Waals surface area contributed by atoms with Crippen LogP contribution in [0.2, 0.25) is 0 Å². The summed E-state index contributed by atoms with van der Waals surface area (Å²) in [5.74, 6) is 0. The molecule has 0 bridgehead atoms. The Balaban J connectivity index is 0.759. The standard InChI is InChI=1S/C75H64N2/c1-73(2)67-27-13-10-24-61(67)64-41-38-58(46-70(64)73)76(55-20-8-7-9-21-55)56-22-16-18-53(44-56)51-34-30-49(31-35-51)50-32-36-52(37-33-50)54-19-17-23-57(45-54)77(59-39-42-65-62-25-11-14-28-68(62)74(3,4)71(65)47-59)60-40-43-66-63-26-12-15-29-69(63)75(5,6)72(66)48-60/h7-14,16,18,20-28,30-48H,15,17,19,29H2,1-6H3. The van der Waals surface area contributed by atoms with Gasteiger partial charge in [0.05, 0.1) is 0 Å². The van der Waals surface area contributed by atoms with Gasteiger partial charge < -0.3 is 9.80 Å². The fourth-order valence-corrected chi connectivity index (χ4v) is 13.9. The molecule has 14 rings (SSSR count). The lowest BCUT2D eigenvalue weighted by Gasteiger charge is -2.32. The Morgan fingerprint density at radius 1 is 0.338 bits per heavy atom. The van der Waals surface area contributed by atoms with Crippen molar-refractivity contribution in [1.29, 1.82) is 0 Å². The van der Waals surface area contributed by atoms with Crippen molar-refractivity contribution >= 4 is 39.6 Å². The summed E-state index contributed by atoms with van der Waals surface area (Å²) < 4.78 is 0. The van der Waals surface area contributed by atoms with E-state index in [4.69, 9.17) is 0 Å². The molecule has 0 spiro atoms. The van der Waals surface area contributed by atoms with Gasteiger partial charge in [-0.1, -0.05) is 211 Å². The van der Waals surface area contributed by atoms with Crippen LogP contribution < -0.4 is 9.80 Å². The zero-order chi connectivity index (χ0) is 52.2. The first-order chi connectivity index (χ1) is 37.4. The van der Waals surface area contributed by atoms with Crippen molar-refractivity contribution in [3.8, 4) is 44.5 Å². The first-order valence-electron chi connectivity index (χ1n) is 27.8. The second-order valence-electron chi connectivity index (χ2n) is 23.5. The maximum atomic E-state index is 2.54. The van der Waals surface area contributed by atoms with Crippen LogP contribution in [0.1, 0.15) is 106 Å². The van der Waals surface area contributed by atoms with E-state index in [2.05, 4.69) is 282 Å². The molecule has 0 radical (unpaired) electrons. The Labute approximate surface area is 455 Å². The Hall–Kier alpha value is -8.46. The molecular weight excluding hydrogens is 929 g/mol. The minimum atomic E-state index is -0.0991. The van der Waals surface area contributed by atoms with Crippen LogP contribution in [0, 0.1) is 0 Å². The molecule has 2 heteroatoms. The zero-order valence-corrected chi connectivity index (χ0v) is 45.2. The van der Waals surface area contributed by atoms with Crippen LogP contribution in [0.4, 0.5) is 28.4 Å². The van der Waals surface area contributed by atoms with Crippen molar-refractivity contribution in [3.63, 3.8) is 0 Å². The molecule has 5 aliphatic rings. The van der Waals surface area contributed by atoms with Crippen molar-refractivity contribution in [2.45, 2.75) is 83.5 Å². The van der Waals surface area contributed by atoms with Gasteiger partial charge in [-0.2, -0.15) is 0 Å². The summed E-state index contributed by atoms with van der Waals surface area (Å²) in [4.78, 5) is 4.94.